The fourth-order valence-corrected chi connectivity index (χ4v) is 2.96. The van der Waals surface area contributed by atoms with E-state index in [-0.39, 0.29) is 5.91 Å². The van der Waals surface area contributed by atoms with Crippen molar-refractivity contribution in [2.24, 2.45) is 0 Å². The third-order valence-electron chi connectivity index (χ3n) is 4.14. The van der Waals surface area contributed by atoms with Crippen molar-refractivity contribution >= 4 is 17.3 Å². The smallest absolute Gasteiger partial charge is 0.252 e. The minimum atomic E-state index is -0.641. The van der Waals surface area contributed by atoms with E-state index in [2.05, 4.69) is 5.32 Å². The van der Waals surface area contributed by atoms with Gasteiger partial charge in [0.1, 0.15) is 12.1 Å². The standard InChI is InChI=1S/C20H24N2O3/c1-4-24-17-11-7-8-12-18(17)25-14-13-22-16-10-6-5-9-15(16)21-20(2,3)19(22)23/h5-12,21H,4,13-14H2,1-3H3. The van der Waals surface area contributed by atoms with Crippen LogP contribution >= 0.6 is 0 Å². The molecular weight excluding hydrogens is 316 g/mol. The van der Waals surface area contributed by atoms with Crippen LogP contribution in [0.5, 0.6) is 11.5 Å². The summed E-state index contributed by atoms with van der Waals surface area (Å²) in [5, 5.41) is 3.30. The van der Waals surface area contributed by atoms with Crippen molar-refractivity contribution in [2.75, 3.05) is 30.0 Å². The second kappa shape index (κ2) is 7.05. The molecule has 0 radical (unpaired) electrons. The molecule has 5 nitrogen and oxygen atoms in total. The lowest BCUT2D eigenvalue weighted by molar-refractivity contribution is -0.122. The average Bonchev–Trinajstić information content (AvgIpc) is 2.59. The largest absolute Gasteiger partial charge is 0.490 e. The van der Waals surface area contributed by atoms with E-state index < -0.39 is 5.54 Å². The third kappa shape index (κ3) is 3.55. The molecule has 0 aromatic heterocycles. The molecule has 0 atom stereocenters. The van der Waals surface area contributed by atoms with E-state index in [1.165, 1.54) is 0 Å². The van der Waals surface area contributed by atoms with E-state index in [0.717, 1.165) is 17.1 Å². The summed E-state index contributed by atoms with van der Waals surface area (Å²) in [5.74, 6) is 1.45. The maximum atomic E-state index is 12.8. The van der Waals surface area contributed by atoms with Gasteiger partial charge in [0.05, 0.1) is 24.5 Å². The number of rotatable bonds is 6. The molecule has 1 aliphatic rings. The predicted octanol–water partition coefficient (Wildman–Crippen LogP) is 3.70. The van der Waals surface area contributed by atoms with Gasteiger partial charge in [-0.3, -0.25) is 4.79 Å². The average molecular weight is 340 g/mol. The van der Waals surface area contributed by atoms with Gasteiger partial charge in [-0.1, -0.05) is 24.3 Å². The van der Waals surface area contributed by atoms with Crippen LogP contribution in [-0.4, -0.2) is 31.2 Å². The Morgan fingerprint density at radius 2 is 1.64 bits per heavy atom. The van der Waals surface area contributed by atoms with E-state index in [0.29, 0.717) is 25.5 Å². The number of carbonyl (C=O) groups is 1. The summed E-state index contributed by atoms with van der Waals surface area (Å²) in [6.45, 7) is 7.17. The van der Waals surface area contributed by atoms with Gasteiger partial charge in [-0.05, 0) is 45.0 Å². The molecule has 1 heterocycles. The minimum Gasteiger partial charge on any atom is -0.490 e. The number of carbonyl (C=O) groups excluding carboxylic acids is 1. The van der Waals surface area contributed by atoms with E-state index in [4.69, 9.17) is 9.47 Å². The monoisotopic (exact) mass is 340 g/mol. The number of amides is 1. The molecule has 2 aromatic carbocycles. The molecule has 1 aliphatic heterocycles. The van der Waals surface area contributed by atoms with Crippen LogP contribution in [0.15, 0.2) is 48.5 Å². The van der Waals surface area contributed by atoms with Gasteiger partial charge >= 0.3 is 0 Å². The molecule has 0 aliphatic carbocycles. The fourth-order valence-electron chi connectivity index (χ4n) is 2.96. The zero-order valence-corrected chi connectivity index (χ0v) is 14.9. The van der Waals surface area contributed by atoms with Crippen LogP contribution in [0.25, 0.3) is 0 Å². The van der Waals surface area contributed by atoms with Crippen molar-refractivity contribution in [2.45, 2.75) is 26.3 Å². The van der Waals surface area contributed by atoms with Crippen molar-refractivity contribution in [3.05, 3.63) is 48.5 Å². The Kier molecular flexibility index (Phi) is 4.83. The Bertz CT molecular complexity index is 758. The number of hydrogen-bond donors (Lipinski definition) is 1. The molecule has 0 saturated heterocycles. The first-order valence-electron chi connectivity index (χ1n) is 8.56. The van der Waals surface area contributed by atoms with Crippen LogP contribution in [0, 0.1) is 0 Å². The molecule has 132 valence electrons. The van der Waals surface area contributed by atoms with Crippen LogP contribution in [0.1, 0.15) is 20.8 Å². The summed E-state index contributed by atoms with van der Waals surface area (Å²) < 4.78 is 11.5. The molecule has 2 aromatic rings. The Hall–Kier alpha value is -2.69. The molecule has 5 heteroatoms. The number of nitrogens with zero attached hydrogens (tertiary/aromatic N) is 1. The van der Waals surface area contributed by atoms with Gasteiger partial charge in [-0.2, -0.15) is 0 Å². The first-order chi connectivity index (χ1) is 12.0. The molecule has 0 spiro atoms. The van der Waals surface area contributed by atoms with Crippen LogP contribution in [-0.2, 0) is 4.79 Å². The van der Waals surface area contributed by atoms with Gasteiger partial charge in [0.2, 0.25) is 0 Å². The highest BCUT2D eigenvalue weighted by molar-refractivity contribution is 6.07. The summed E-state index contributed by atoms with van der Waals surface area (Å²) in [5.41, 5.74) is 1.20. The number of para-hydroxylation sites is 4. The molecule has 1 amide bonds. The summed E-state index contributed by atoms with van der Waals surface area (Å²) in [6.07, 6.45) is 0. The second-order valence-electron chi connectivity index (χ2n) is 6.45. The maximum Gasteiger partial charge on any atom is 0.252 e. The molecule has 0 bridgehead atoms. The lowest BCUT2D eigenvalue weighted by Gasteiger charge is -2.39. The molecule has 0 saturated carbocycles. The summed E-state index contributed by atoms with van der Waals surface area (Å²) in [4.78, 5) is 14.6. The fraction of sp³-hybridized carbons (Fsp3) is 0.350. The van der Waals surface area contributed by atoms with Gasteiger partial charge in [-0.15, -0.1) is 0 Å². The Morgan fingerprint density at radius 3 is 2.36 bits per heavy atom. The van der Waals surface area contributed by atoms with E-state index in [1.807, 2.05) is 69.3 Å². The van der Waals surface area contributed by atoms with Gasteiger partial charge < -0.3 is 19.7 Å². The van der Waals surface area contributed by atoms with Crippen LogP contribution in [0.2, 0.25) is 0 Å². The molecule has 0 fully saturated rings. The van der Waals surface area contributed by atoms with Crippen LogP contribution in [0.3, 0.4) is 0 Å². The SMILES string of the molecule is CCOc1ccccc1OCCN1C(=O)C(C)(C)Nc2ccccc21. The lowest BCUT2D eigenvalue weighted by atomic mass is 9.98. The lowest BCUT2D eigenvalue weighted by Crippen LogP contribution is -2.54. The highest BCUT2D eigenvalue weighted by Crippen LogP contribution is 2.35. The zero-order valence-electron chi connectivity index (χ0n) is 14.9. The predicted molar refractivity (Wildman–Crippen MR) is 99.6 cm³/mol. The number of nitrogens with one attached hydrogen (secondary N) is 1. The number of anilines is 2. The zero-order chi connectivity index (χ0) is 17.9. The molecule has 25 heavy (non-hydrogen) atoms. The quantitative estimate of drug-likeness (QED) is 0.871. The molecular formula is C20H24N2O3. The second-order valence-corrected chi connectivity index (χ2v) is 6.45. The van der Waals surface area contributed by atoms with Crippen LogP contribution in [0.4, 0.5) is 11.4 Å². The van der Waals surface area contributed by atoms with Crippen molar-refractivity contribution in [1.29, 1.82) is 0 Å². The summed E-state index contributed by atoms with van der Waals surface area (Å²) >= 11 is 0. The van der Waals surface area contributed by atoms with Gasteiger partial charge in [0, 0.05) is 0 Å². The third-order valence-corrected chi connectivity index (χ3v) is 4.14. The Labute approximate surface area is 148 Å². The van der Waals surface area contributed by atoms with Crippen molar-refractivity contribution in [3.8, 4) is 11.5 Å². The normalized spacial score (nSPS) is 15.3. The summed E-state index contributed by atoms with van der Waals surface area (Å²) in [7, 11) is 0. The van der Waals surface area contributed by atoms with Gasteiger partial charge in [0.15, 0.2) is 11.5 Å². The molecule has 1 N–H and O–H groups in total. The Balaban J connectivity index is 1.74. The number of hydrogen-bond acceptors (Lipinski definition) is 4. The summed E-state index contributed by atoms with van der Waals surface area (Å²) in [6, 6.07) is 15.4. The number of benzene rings is 2. The van der Waals surface area contributed by atoms with E-state index in [1.54, 1.807) is 4.90 Å². The van der Waals surface area contributed by atoms with Gasteiger partial charge in [0.25, 0.3) is 5.91 Å². The minimum absolute atomic E-state index is 0.0351. The maximum absolute atomic E-state index is 12.8. The van der Waals surface area contributed by atoms with E-state index in [9.17, 15) is 4.79 Å². The number of fused-ring (bicyclic) bond motifs is 1. The van der Waals surface area contributed by atoms with Crippen LogP contribution < -0.4 is 19.7 Å². The first kappa shape index (κ1) is 17.1. The van der Waals surface area contributed by atoms with Crippen molar-refractivity contribution < 1.29 is 14.3 Å². The number of ether oxygens (including phenoxy) is 2. The highest BCUT2D eigenvalue weighted by atomic mass is 16.5. The first-order valence-corrected chi connectivity index (χ1v) is 8.56. The highest BCUT2D eigenvalue weighted by Gasteiger charge is 2.38. The van der Waals surface area contributed by atoms with E-state index >= 15 is 0 Å². The topological polar surface area (TPSA) is 50.8 Å². The van der Waals surface area contributed by atoms with Crippen molar-refractivity contribution in [1.82, 2.24) is 0 Å². The van der Waals surface area contributed by atoms with Crippen molar-refractivity contribution in [3.63, 3.8) is 0 Å². The Morgan fingerprint density at radius 1 is 1.00 bits per heavy atom. The van der Waals surface area contributed by atoms with Gasteiger partial charge in [-0.25, -0.2) is 0 Å². The molecule has 3 rings (SSSR count). The molecule has 0 unspecified atom stereocenters.